The first kappa shape index (κ1) is 90.3. The lowest BCUT2D eigenvalue weighted by Crippen LogP contribution is -2.65. The van der Waals surface area contributed by atoms with Crippen LogP contribution in [0.15, 0.2) is 36.5 Å². The fourth-order valence-electron chi connectivity index (χ4n) is 13.8. The molecule has 2 heterocycles. The first-order valence-electron chi connectivity index (χ1n) is 41.2. The molecule has 0 aromatic carbocycles. The summed E-state index contributed by atoms with van der Waals surface area (Å²) in [4.78, 5) is 13.4. The van der Waals surface area contributed by atoms with E-state index in [-0.39, 0.29) is 18.9 Å². The Morgan fingerprint density at radius 3 is 1.04 bits per heavy atom. The van der Waals surface area contributed by atoms with Crippen LogP contribution in [0, 0.1) is 0 Å². The van der Waals surface area contributed by atoms with Crippen molar-refractivity contribution in [1.82, 2.24) is 5.32 Å². The van der Waals surface area contributed by atoms with Crippen LogP contribution < -0.4 is 5.32 Å². The van der Waals surface area contributed by atoms with Gasteiger partial charge in [0.1, 0.15) is 48.8 Å². The van der Waals surface area contributed by atoms with Gasteiger partial charge in [-0.15, -0.1) is 0 Å². The standard InChI is InChI=1S/C82H155NO13/c1-3-5-7-9-11-13-15-17-19-21-23-25-26-27-28-29-30-31-32-33-34-35-36-37-38-39-40-41-42-43-44-46-48-50-52-54-56-58-60-62-64-66-74(87)83-70(71(86)65-63-61-59-57-55-53-51-49-47-45-24-22-20-18-16-14-12-10-8-6-4-2)69-93-81-79(92)77(90)80(73(68-85)95-81)96-82-78(91)76(89)75(88)72(67-84)94-82/h15,17,21,23,63,65,70-73,75-82,84-86,88-92H,3-14,16,18-20,22,24-62,64,66-69H2,1-2H3,(H,83,87)/b17-15-,23-21-,65-63+. The lowest BCUT2D eigenvalue weighted by atomic mass is 9.97. The van der Waals surface area contributed by atoms with Gasteiger partial charge < -0.3 is 65.1 Å². The van der Waals surface area contributed by atoms with Crippen molar-refractivity contribution in [3.05, 3.63) is 36.5 Å². The number of allylic oxidation sites excluding steroid dienone is 5. The van der Waals surface area contributed by atoms with Crippen LogP contribution in [0.1, 0.15) is 386 Å². The zero-order valence-corrected chi connectivity index (χ0v) is 62.1. The second-order valence-corrected chi connectivity index (χ2v) is 29.3. The molecule has 0 bridgehead atoms. The summed E-state index contributed by atoms with van der Waals surface area (Å²) in [5.41, 5.74) is 0. The molecule has 2 saturated heterocycles. The number of carbonyl (C=O) groups is 1. The molecule has 12 atom stereocenters. The van der Waals surface area contributed by atoms with Gasteiger partial charge in [0.15, 0.2) is 12.6 Å². The number of ether oxygens (including phenoxy) is 4. The molecule has 0 aliphatic carbocycles. The minimum atomic E-state index is -1.79. The van der Waals surface area contributed by atoms with Gasteiger partial charge in [0.05, 0.1) is 32.0 Å². The van der Waals surface area contributed by atoms with E-state index in [1.165, 1.54) is 315 Å². The number of aliphatic hydroxyl groups is 8. The smallest absolute Gasteiger partial charge is 0.220 e. The third-order valence-electron chi connectivity index (χ3n) is 20.3. The zero-order chi connectivity index (χ0) is 69.4. The molecule has 14 heteroatoms. The van der Waals surface area contributed by atoms with Gasteiger partial charge in [-0.25, -0.2) is 0 Å². The summed E-state index contributed by atoms with van der Waals surface area (Å²) >= 11 is 0. The van der Waals surface area contributed by atoms with Gasteiger partial charge in [0, 0.05) is 6.42 Å². The molecule has 2 aliphatic heterocycles. The van der Waals surface area contributed by atoms with Gasteiger partial charge in [-0.2, -0.15) is 0 Å². The summed E-state index contributed by atoms with van der Waals surface area (Å²) in [6.07, 6.45) is 71.0. The maximum absolute atomic E-state index is 13.4. The van der Waals surface area contributed by atoms with Crippen molar-refractivity contribution >= 4 is 5.91 Å². The molecule has 0 aromatic rings. The van der Waals surface area contributed by atoms with Crippen molar-refractivity contribution in [2.45, 2.75) is 460 Å². The normalized spacial score (nSPS) is 22.4. The summed E-state index contributed by atoms with van der Waals surface area (Å²) < 4.78 is 22.9. The molecule has 1 amide bonds. The number of aliphatic hydroxyl groups excluding tert-OH is 8. The Balaban J connectivity index is 1.55. The van der Waals surface area contributed by atoms with E-state index in [4.69, 9.17) is 18.9 Å². The quantitative estimate of drug-likeness (QED) is 0.0204. The van der Waals surface area contributed by atoms with E-state index < -0.39 is 86.8 Å². The van der Waals surface area contributed by atoms with Gasteiger partial charge in [-0.1, -0.05) is 365 Å². The SMILES string of the molecule is CCCCCCC/C=C\C/C=C\CCCCCCCCCCCCCCCCCCCCCCCCCCCCCCCC(=O)NC(COC1OC(CO)C(OC2OC(CO)C(O)C(O)C2O)C(O)C1O)C(O)/C=C/CCCCCCCCCCCCCCCCCCCCC. The van der Waals surface area contributed by atoms with Crippen molar-refractivity contribution in [2.75, 3.05) is 19.8 Å². The molecule has 0 radical (unpaired) electrons. The molecular weight excluding hydrogens is 1210 g/mol. The Hall–Kier alpha value is -1.79. The lowest BCUT2D eigenvalue weighted by Gasteiger charge is -2.46. The minimum Gasteiger partial charge on any atom is -0.394 e. The number of unbranched alkanes of at least 4 members (excludes halogenated alkanes) is 53. The molecule has 566 valence electrons. The maximum Gasteiger partial charge on any atom is 0.220 e. The Labute approximate surface area is 589 Å². The van der Waals surface area contributed by atoms with Crippen molar-refractivity contribution in [3.8, 4) is 0 Å². The number of hydrogen-bond donors (Lipinski definition) is 9. The number of carbonyl (C=O) groups excluding carboxylic acids is 1. The van der Waals surface area contributed by atoms with Crippen molar-refractivity contribution < 1.29 is 64.6 Å². The molecule has 2 fully saturated rings. The van der Waals surface area contributed by atoms with E-state index in [9.17, 15) is 45.6 Å². The van der Waals surface area contributed by atoms with E-state index in [0.29, 0.717) is 6.42 Å². The topological polar surface area (TPSA) is 228 Å². The van der Waals surface area contributed by atoms with Gasteiger partial charge in [-0.05, 0) is 51.4 Å². The number of rotatable bonds is 70. The average Bonchev–Trinajstić information content (AvgIpc) is 0.807. The van der Waals surface area contributed by atoms with Crippen LogP contribution in [0.2, 0.25) is 0 Å². The minimum absolute atomic E-state index is 0.230. The number of hydrogen-bond acceptors (Lipinski definition) is 13. The fraction of sp³-hybridized carbons (Fsp3) is 0.915. The third-order valence-corrected chi connectivity index (χ3v) is 20.3. The van der Waals surface area contributed by atoms with E-state index >= 15 is 0 Å². The second kappa shape index (κ2) is 66.4. The van der Waals surface area contributed by atoms with E-state index in [2.05, 4.69) is 43.5 Å². The first-order chi connectivity index (χ1) is 47.1. The zero-order valence-electron chi connectivity index (χ0n) is 62.1. The molecule has 14 nitrogen and oxygen atoms in total. The summed E-state index contributed by atoms with van der Waals surface area (Å²) in [5, 5.41) is 87.6. The van der Waals surface area contributed by atoms with Crippen molar-refractivity contribution in [1.29, 1.82) is 0 Å². The van der Waals surface area contributed by atoms with Crippen LogP contribution in [-0.2, 0) is 23.7 Å². The van der Waals surface area contributed by atoms with Crippen LogP contribution in [0.4, 0.5) is 0 Å². The van der Waals surface area contributed by atoms with Gasteiger partial charge in [-0.3, -0.25) is 4.79 Å². The van der Waals surface area contributed by atoms with Crippen molar-refractivity contribution in [3.63, 3.8) is 0 Å². The molecular formula is C82H155NO13. The van der Waals surface area contributed by atoms with Gasteiger partial charge in [0.25, 0.3) is 0 Å². The summed E-state index contributed by atoms with van der Waals surface area (Å²) in [6.45, 7) is 2.85. The highest BCUT2D eigenvalue weighted by atomic mass is 16.7. The van der Waals surface area contributed by atoms with Gasteiger partial charge in [0.2, 0.25) is 5.91 Å². The largest absolute Gasteiger partial charge is 0.394 e. The summed E-state index contributed by atoms with van der Waals surface area (Å²) in [5.74, 6) is -0.230. The van der Waals surface area contributed by atoms with E-state index in [1.54, 1.807) is 6.08 Å². The Kier molecular flexibility index (Phi) is 62.5. The highest BCUT2D eigenvalue weighted by molar-refractivity contribution is 5.76. The van der Waals surface area contributed by atoms with Crippen LogP contribution in [0.5, 0.6) is 0 Å². The molecule has 96 heavy (non-hydrogen) atoms. The molecule has 9 N–H and O–H groups in total. The fourth-order valence-corrected chi connectivity index (χ4v) is 13.8. The highest BCUT2D eigenvalue weighted by Gasteiger charge is 2.51. The predicted octanol–water partition coefficient (Wildman–Crippen LogP) is 18.8. The lowest BCUT2D eigenvalue weighted by molar-refractivity contribution is -0.359. The average molecular weight is 1360 g/mol. The van der Waals surface area contributed by atoms with Crippen LogP contribution in [0.3, 0.4) is 0 Å². The molecule has 2 rings (SSSR count). The third kappa shape index (κ3) is 48.9. The van der Waals surface area contributed by atoms with Gasteiger partial charge >= 0.3 is 0 Å². The molecule has 12 unspecified atom stereocenters. The number of amides is 1. The first-order valence-corrected chi connectivity index (χ1v) is 41.2. The van der Waals surface area contributed by atoms with Crippen LogP contribution in [0.25, 0.3) is 0 Å². The van der Waals surface area contributed by atoms with Crippen LogP contribution in [-0.4, -0.2) is 140 Å². The van der Waals surface area contributed by atoms with E-state index in [0.717, 1.165) is 44.9 Å². The highest BCUT2D eigenvalue weighted by Crippen LogP contribution is 2.30. The predicted molar refractivity (Wildman–Crippen MR) is 397 cm³/mol. The second-order valence-electron chi connectivity index (χ2n) is 29.3. The Morgan fingerprint density at radius 2 is 0.688 bits per heavy atom. The monoisotopic (exact) mass is 1360 g/mol. The Bertz CT molecular complexity index is 1750. The molecule has 0 saturated carbocycles. The Morgan fingerprint density at radius 1 is 0.375 bits per heavy atom. The molecule has 0 aromatic heterocycles. The molecule has 0 spiro atoms. The van der Waals surface area contributed by atoms with E-state index in [1.807, 2.05) is 6.08 Å². The summed E-state index contributed by atoms with van der Waals surface area (Å²) in [7, 11) is 0. The molecule has 2 aliphatic rings. The summed E-state index contributed by atoms with van der Waals surface area (Å²) in [6, 6.07) is -0.914. The maximum atomic E-state index is 13.4. The van der Waals surface area contributed by atoms with Crippen molar-refractivity contribution in [2.24, 2.45) is 0 Å². The number of nitrogens with one attached hydrogen (secondary N) is 1. The van der Waals surface area contributed by atoms with Crippen LogP contribution >= 0.6 is 0 Å².